The average molecular weight is 857 g/mol. The molecule has 2 aromatic rings. The molecule has 0 bridgehead atoms. The molecule has 59 heavy (non-hydrogen) atoms. The summed E-state index contributed by atoms with van der Waals surface area (Å²) in [5, 5.41) is 10.4. The fourth-order valence-electron chi connectivity index (χ4n) is 7.47. The minimum absolute atomic E-state index is 0. The Labute approximate surface area is 368 Å². The largest absolute Gasteiger partial charge is 1.00 e. The van der Waals surface area contributed by atoms with Crippen LogP contribution in [0.5, 0.6) is 0 Å². The molecule has 2 aromatic carbocycles. The van der Waals surface area contributed by atoms with Crippen molar-refractivity contribution >= 4 is 38.0 Å². The number of fused-ring (bicyclic) bond motifs is 2. The molecular formula is C43H49N2NaO11S2. The molecule has 13 nitrogen and oxygen atoms in total. The van der Waals surface area contributed by atoms with Gasteiger partial charge < -0.3 is 33.0 Å². The molecule has 0 aromatic heterocycles. The molecule has 0 amide bonds. The van der Waals surface area contributed by atoms with Crippen LogP contribution in [0.15, 0.2) is 106 Å². The third kappa shape index (κ3) is 12.1. The average Bonchev–Trinajstić information content (AvgIpc) is 3.40. The van der Waals surface area contributed by atoms with Gasteiger partial charge in [-0.25, -0.2) is 21.4 Å². The molecule has 1 aliphatic carbocycles. The first-order valence-electron chi connectivity index (χ1n) is 18.8. The number of nitrogens with zero attached hydrogens (tertiary/aromatic N) is 2. The summed E-state index contributed by atoms with van der Waals surface area (Å²) < 4.78 is 90.2. The van der Waals surface area contributed by atoms with Crippen LogP contribution in [-0.4, -0.2) is 89.8 Å². The molecule has 16 heteroatoms. The second-order valence-electron chi connectivity index (χ2n) is 14.3. The predicted molar refractivity (Wildman–Crippen MR) is 220 cm³/mol. The topological polar surface area (TPSA) is 190 Å². The molecule has 1 unspecified atom stereocenters. The normalized spacial score (nSPS) is 16.3. The molecule has 310 valence electrons. The van der Waals surface area contributed by atoms with Crippen molar-refractivity contribution in [2.75, 3.05) is 57.7 Å². The summed E-state index contributed by atoms with van der Waals surface area (Å²) in [5.41, 5.74) is 4.59. The standard InChI is InChI=1S/C43H50N2O11S2.Na/c1-31-38(56-39-29-33(44(24-26-54-3)25-27-55-4)18-20-35(39)42(31)32-13-7-5-8-14-32)15-9-6-10-16-40-43(2,22-11-17-41(46)47)36-30-34(58(51,52)53)19-21-37(36)45(40)23-12-28-57(48,49)50;/h5-10,13-16,18-21,29-30H,11-12,17,22-28H2,1-4H3,(H2-,46,47,48,49,50,51,52,53);/q;+1/p-1. The summed E-state index contributed by atoms with van der Waals surface area (Å²) in [6.45, 7) is 6.32. The fraction of sp³-hybridized carbons (Fsp3) is 0.349. The van der Waals surface area contributed by atoms with Crippen LogP contribution in [0.25, 0.3) is 28.5 Å². The van der Waals surface area contributed by atoms with Crippen molar-refractivity contribution in [1.82, 2.24) is 4.58 Å². The van der Waals surface area contributed by atoms with Crippen LogP contribution in [0, 0.1) is 6.92 Å². The quantitative estimate of drug-likeness (QED) is 0.0630. The Morgan fingerprint density at radius 1 is 0.932 bits per heavy atom. The molecule has 5 rings (SSSR count). The van der Waals surface area contributed by atoms with E-state index in [1.165, 1.54) is 18.2 Å². The minimum atomic E-state index is -4.83. The van der Waals surface area contributed by atoms with E-state index in [9.17, 15) is 35.8 Å². The van der Waals surface area contributed by atoms with Crippen LogP contribution in [0.3, 0.4) is 0 Å². The predicted octanol–water partition coefficient (Wildman–Crippen LogP) is 2.75. The van der Waals surface area contributed by atoms with Crippen LogP contribution < -0.4 is 44.4 Å². The minimum Gasteiger partial charge on any atom is -0.748 e. The number of hydrogen-bond donors (Lipinski definition) is 1. The summed E-state index contributed by atoms with van der Waals surface area (Å²) in [4.78, 5) is 12.9. The first-order valence-corrected chi connectivity index (χ1v) is 21.8. The number of hydrogen-bond acceptors (Lipinski definition) is 11. The summed E-state index contributed by atoms with van der Waals surface area (Å²) >= 11 is 0. The number of ether oxygens (including phenoxy) is 2. The fourth-order valence-corrected chi connectivity index (χ4v) is 8.44. The Morgan fingerprint density at radius 2 is 1.63 bits per heavy atom. The molecule has 0 fully saturated rings. The van der Waals surface area contributed by atoms with E-state index in [0.717, 1.165) is 27.6 Å². The molecule has 0 saturated carbocycles. The molecule has 3 aliphatic rings. The summed E-state index contributed by atoms with van der Waals surface area (Å²) in [7, 11) is -6.02. The number of allylic oxidation sites excluding steroid dienone is 5. The number of rotatable bonds is 19. The van der Waals surface area contributed by atoms with Gasteiger partial charge in [0.05, 0.1) is 21.1 Å². The first kappa shape index (κ1) is 47.8. The van der Waals surface area contributed by atoms with Crippen LogP contribution in [0.2, 0.25) is 0 Å². The second-order valence-corrected chi connectivity index (χ2v) is 17.2. The Morgan fingerprint density at radius 3 is 2.25 bits per heavy atom. The van der Waals surface area contributed by atoms with Crippen LogP contribution >= 0.6 is 0 Å². The second kappa shape index (κ2) is 21.1. The number of carboxylic acid groups (broad SMARTS) is 1. The molecule has 0 saturated heterocycles. The zero-order valence-electron chi connectivity index (χ0n) is 34.0. The number of benzene rings is 3. The number of methoxy groups -OCH3 is 2. The molecule has 2 aliphatic heterocycles. The summed E-state index contributed by atoms with van der Waals surface area (Å²) in [6, 6.07) is 20.2. The van der Waals surface area contributed by atoms with E-state index >= 15 is 0 Å². The maximum absolute atomic E-state index is 12.1. The summed E-state index contributed by atoms with van der Waals surface area (Å²) in [5.74, 6) is -0.308. The number of aliphatic carboxylic acids is 1. The van der Waals surface area contributed by atoms with E-state index < -0.39 is 42.3 Å². The van der Waals surface area contributed by atoms with Gasteiger partial charge in [-0.15, -0.1) is 0 Å². The van der Waals surface area contributed by atoms with Crippen molar-refractivity contribution in [2.24, 2.45) is 0 Å². The SMILES string of the molecule is COCC[N+](CCOC)=c1ccc2c(-c3ccccc3)c(C)c(/C=C/C=C/C=C3/N(CCCS(=O)(=O)[O-])c4ccc(S(=O)(=O)[O-])cc4C3(C)CCCC(=O)O)oc-2c1.[Na+]. The number of carboxylic acids is 1. The first-order chi connectivity index (χ1) is 27.6. The van der Waals surface area contributed by atoms with Crippen molar-refractivity contribution < 1.29 is 79.3 Å². The van der Waals surface area contributed by atoms with Crippen molar-refractivity contribution in [2.45, 2.75) is 49.8 Å². The molecule has 0 radical (unpaired) electrons. The van der Waals surface area contributed by atoms with Crippen molar-refractivity contribution in [3.8, 4) is 22.5 Å². The Hall–Kier alpha value is -3.90. The third-order valence-corrected chi connectivity index (χ3v) is 11.9. The van der Waals surface area contributed by atoms with Gasteiger partial charge in [-0.2, -0.15) is 0 Å². The maximum Gasteiger partial charge on any atom is 1.00 e. The zero-order chi connectivity index (χ0) is 42.1. The van der Waals surface area contributed by atoms with Gasteiger partial charge in [-0.1, -0.05) is 48.6 Å². The van der Waals surface area contributed by atoms with Crippen molar-refractivity contribution in [3.05, 3.63) is 119 Å². The van der Waals surface area contributed by atoms with Gasteiger partial charge in [0.25, 0.3) is 0 Å². The number of carbonyl (C=O) groups is 1. The van der Waals surface area contributed by atoms with Gasteiger partial charge in [0.15, 0.2) is 13.1 Å². The van der Waals surface area contributed by atoms with Crippen LogP contribution in [0.1, 0.15) is 49.5 Å². The molecule has 1 N–H and O–H groups in total. The third-order valence-electron chi connectivity index (χ3n) is 10.3. The number of anilines is 1. The van der Waals surface area contributed by atoms with E-state index in [1.54, 1.807) is 37.3 Å². The maximum atomic E-state index is 12.1. The van der Waals surface area contributed by atoms with Crippen molar-refractivity contribution in [3.63, 3.8) is 0 Å². The Kier molecular flexibility index (Phi) is 17.1. The van der Waals surface area contributed by atoms with E-state index in [-0.39, 0.29) is 61.8 Å². The molecular weight excluding hydrogens is 808 g/mol. The van der Waals surface area contributed by atoms with Gasteiger partial charge in [0.1, 0.15) is 34.9 Å². The smallest absolute Gasteiger partial charge is 0.748 e. The summed E-state index contributed by atoms with van der Waals surface area (Å²) in [6.07, 6.45) is 9.35. The van der Waals surface area contributed by atoms with E-state index in [2.05, 4.69) is 28.8 Å². The van der Waals surface area contributed by atoms with Crippen molar-refractivity contribution in [1.29, 1.82) is 0 Å². The van der Waals surface area contributed by atoms with E-state index in [4.69, 9.17) is 13.9 Å². The zero-order valence-corrected chi connectivity index (χ0v) is 37.7. The van der Waals surface area contributed by atoms with E-state index in [0.29, 0.717) is 54.8 Å². The Balaban J connectivity index is 0.00000769. The van der Waals surface area contributed by atoms with Gasteiger partial charge in [0, 0.05) is 66.9 Å². The van der Waals surface area contributed by atoms with E-state index in [1.807, 2.05) is 50.3 Å². The van der Waals surface area contributed by atoms with Gasteiger partial charge in [-0.05, 0) is 86.2 Å². The molecule has 2 heterocycles. The molecule has 1 atom stereocenters. The molecule has 0 spiro atoms. The van der Waals surface area contributed by atoms with Gasteiger partial charge in [0.2, 0.25) is 5.36 Å². The van der Waals surface area contributed by atoms with Crippen LogP contribution in [0.4, 0.5) is 5.69 Å². The van der Waals surface area contributed by atoms with Gasteiger partial charge in [-0.3, -0.25) is 4.79 Å². The monoisotopic (exact) mass is 856 g/mol. The Bertz CT molecular complexity index is 2450. The van der Waals surface area contributed by atoms with Crippen LogP contribution in [-0.2, 0) is 39.9 Å². The van der Waals surface area contributed by atoms with Gasteiger partial charge >= 0.3 is 35.5 Å².